The van der Waals surface area contributed by atoms with Crippen molar-refractivity contribution < 1.29 is 9.53 Å². The summed E-state index contributed by atoms with van der Waals surface area (Å²) in [7, 11) is 5.59. The second-order valence-corrected chi connectivity index (χ2v) is 5.69. The molecule has 0 aliphatic heterocycles. The number of amides is 1. The van der Waals surface area contributed by atoms with Gasteiger partial charge in [-0.05, 0) is 45.6 Å². The van der Waals surface area contributed by atoms with Gasteiger partial charge < -0.3 is 20.7 Å². The van der Waals surface area contributed by atoms with Crippen molar-refractivity contribution in [2.45, 2.75) is 25.4 Å². The van der Waals surface area contributed by atoms with Gasteiger partial charge in [-0.1, -0.05) is 12.1 Å². The van der Waals surface area contributed by atoms with Gasteiger partial charge in [0.2, 0.25) is 5.91 Å². The van der Waals surface area contributed by atoms with E-state index in [1.165, 1.54) is 0 Å². The standard InChI is InChI=1S/C15H25N3O2/c1-15(2,16)14(19)17-10-13(18(3)4)11-7-6-8-12(9-11)20-5/h6-9,13H,10,16H2,1-5H3,(H,17,19). The summed E-state index contributed by atoms with van der Waals surface area (Å²) in [6.07, 6.45) is 0. The fourth-order valence-corrected chi connectivity index (χ4v) is 1.86. The van der Waals surface area contributed by atoms with E-state index in [-0.39, 0.29) is 11.9 Å². The van der Waals surface area contributed by atoms with Crippen LogP contribution in [0.5, 0.6) is 5.75 Å². The molecule has 0 fully saturated rings. The van der Waals surface area contributed by atoms with Gasteiger partial charge in [0.1, 0.15) is 5.75 Å². The summed E-state index contributed by atoms with van der Waals surface area (Å²) < 4.78 is 5.24. The normalized spacial score (nSPS) is 13.2. The molecule has 1 unspecified atom stereocenters. The maximum atomic E-state index is 11.9. The number of nitrogens with two attached hydrogens (primary N) is 1. The largest absolute Gasteiger partial charge is 0.497 e. The lowest BCUT2D eigenvalue weighted by Crippen LogP contribution is -2.50. The molecule has 5 heteroatoms. The number of rotatable bonds is 6. The van der Waals surface area contributed by atoms with Crippen LogP contribution in [-0.4, -0.2) is 44.1 Å². The number of hydrogen-bond acceptors (Lipinski definition) is 4. The maximum Gasteiger partial charge on any atom is 0.239 e. The van der Waals surface area contributed by atoms with Crippen LogP contribution in [0.2, 0.25) is 0 Å². The van der Waals surface area contributed by atoms with Crippen molar-refractivity contribution in [2.24, 2.45) is 5.73 Å². The Morgan fingerprint density at radius 3 is 2.60 bits per heavy atom. The van der Waals surface area contributed by atoms with Crippen molar-refractivity contribution >= 4 is 5.91 Å². The van der Waals surface area contributed by atoms with E-state index in [9.17, 15) is 4.79 Å². The molecule has 0 heterocycles. The first-order valence-corrected chi connectivity index (χ1v) is 6.63. The third-order valence-corrected chi connectivity index (χ3v) is 3.14. The number of benzene rings is 1. The SMILES string of the molecule is COc1cccc(C(CNC(=O)C(C)(C)N)N(C)C)c1. The van der Waals surface area contributed by atoms with Gasteiger partial charge in [-0.25, -0.2) is 0 Å². The fourth-order valence-electron chi connectivity index (χ4n) is 1.86. The second-order valence-electron chi connectivity index (χ2n) is 5.69. The monoisotopic (exact) mass is 279 g/mol. The molecule has 1 rings (SSSR count). The molecule has 1 aromatic carbocycles. The van der Waals surface area contributed by atoms with Crippen LogP contribution < -0.4 is 15.8 Å². The molecule has 0 spiro atoms. The predicted octanol–water partition coefficient (Wildman–Crippen LogP) is 1.15. The topological polar surface area (TPSA) is 67.6 Å². The highest BCUT2D eigenvalue weighted by atomic mass is 16.5. The molecule has 20 heavy (non-hydrogen) atoms. The number of nitrogens with zero attached hydrogens (tertiary/aromatic N) is 1. The molecule has 0 aliphatic carbocycles. The zero-order valence-corrected chi connectivity index (χ0v) is 12.9. The van der Waals surface area contributed by atoms with E-state index in [0.29, 0.717) is 6.54 Å². The molecule has 1 aromatic rings. The summed E-state index contributed by atoms with van der Waals surface area (Å²) in [6.45, 7) is 3.89. The number of carbonyl (C=O) groups excluding carboxylic acids is 1. The van der Waals surface area contributed by atoms with E-state index in [2.05, 4.69) is 10.2 Å². The molecule has 5 nitrogen and oxygen atoms in total. The quantitative estimate of drug-likeness (QED) is 0.820. The van der Waals surface area contributed by atoms with Crippen LogP contribution in [0.25, 0.3) is 0 Å². The van der Waals surface area contributed by atoms with Crippen LogP contribution in [-0.2, 0) is 4.79 Å². The molecule has 0 aromatic heterocycles. The molecular formula is C15H25N3O2. The van der Waals surface area contributed by atoms with Crippen LogP contribution >= 0.6 is 0 Å². The lowest BCUT2D eigenvalue weighted by Gasteiger charge is -2.27. The summed E-state index contributed by atoms with van der Waals surface area (Å²) in [5.74, 6) is 0.645. The van der Waals surface area contributed by atoms with Gasteiger partial charge in [-0.2, -0.15) is 0 Å². The number of hydrogen-bond donors (Lipinski definition) is 2. The smallest absolute Gasteiger partial charge is 0.239 e. The van der Waals surface area contributed by atoms with Gasteiger partial charge in [0.05, 0.1) is 18.7 Å². The minimum Gasteiger partial charge on any atom is -0.497 e. The van der Waals surface area contributed by atoms with E-state index >= 15 is 0 Å². The van der Waals surface area contributed by atoms with Crippen LogP contribution in [0, 0.1) is 0 Å². The molecular weight excluding hydrogens is 254 g/mol. The highest BCUT2D eigenvalue weighted by Crippen LogP contribution is 2.22. The molecule has 0 aliphatic rings. The van der Waals surface area contributed by atoms with E-state index < -0.39 is 5.54 Å². The summed E-state index contributed by atoms with van der Waals surface area (Å²) >= 11 is 0. The predicted molar refractivity (Wildman–Crippen MR) is 80.7 cm³/mol. The van der Waals surface area contributed by atoms with E-state index in [1.54, 1.807) is 21.0 Å². The van der Waals surface area contributed by atoms with Crippen molar-refractivity contribution in [1.29, 1.82) is 0 Å². The van der Waals surface area contributed by atoms with Gasteiger partial charge in [0.25, 0.3) is 0 Å². The van der Waals surface area contributed by atoms with Gasteiger partial charge >= 0.3 is 0 Å². The summed E-state index contributed by atoms with van der Waals surface area (Å²) in [5.41, 5.74) is 6.00. The summed E-state index contributed by atoms with van der Waals surface area (Å²) in [5, 5.41) is 2.89. The van der Waals surface area contributed by atoms with Crippen LogP contribution in [0.4, 0.5) is 0 Å². The number of likely N-dealkylation sites (N-methyl/N-ethyl adjacent to an activating group) is 1. The molecule has 112 valence electrons. The van der Waals surface area contributed by atoms with Crippen molar-refractivity contribution in [3.05, 3.63) is 29.8 Å². The summed E-state index contributed by atoms with van der Waals surface area (Å²) in [4.78, 5) is 13.9. The van der Waals surface area contributed by atoms with E-state index in [0.717, 1.165) is 11.3 Å². The molecule has 1 atom stereocenters. The van der Waals surface area contributed by atoms with Crippen molar-refractivity contribution in [2.75, 3.05) is 27.7 Å². The van der Waals surface area contributed by atoms with E-state index in [1.807, 2.05) is 38.4 Å². The Hall–Kier alpha value is -1.59. The highest BCUT2D eigenvalue weighted by Gasteiger charge is 2.23. The average molecular weight is 279 g/mol. The third-order valence-electron chi connectivity index (χ3n) is 3.14. The molecule has 3 N–H and O–H groups in total. The first kappa shape index (κ1) is 16.5. The first-order chi connectivity index (χ1) is 9.25. The zero-order valence-electron chi connectivity index (χ0n) is 12.9. The highest BCUT2D eigenvalue weighted by molar-refractivity contribution is 5.85. The first-order valence-electron chi connectivity index (χ1n) is 6.63. The Labute approximate surface area is 121 Å². The molecule has 0 saturated carbocycles. The number of ether oxygens (including phenoxy) is 1. The Kier molecular flexibility index (Phi) is 5.53. The Bertz CT molecular complexity index is 453. The van der Waals surface area contributed by atoms with Gasteiger partial charge in [-0.15, -0.1) is 0 Å². The van der Waals surface area contributed by atoms with Crippen LogP contribution in [0.15, 0.2) is 24.3 Å². The number of carbonyl (C=O) groups is 1. The third kappa shape index (κ3) is 4.51. The van der Waals surface area contributed by atoms with Crippen molar-refractivity contribution in [3.63, 3.8) is 0 Å². The number of methoxy groups -OCH3 is 1. The van der Waals surface area contributed by atoms with Crippen molar-refractivity contribution in [1.82, 2.24) is 10.2 Å². The Balaban J connectivity index is 2.82. The fraction of sp³-hybridized carbons (Fsp3) is 0.533. The average Bonchev–Trinajstić information content (AvgIpc) is 2.37. The Morgan fingerprint density at radius 1 is 1.45 bits per heavy atom. The second kappa shape index (κ2) is 6.72. The Morgan fingerprint density at radius 2 is 2.10 bits per heavy atom. The molecule has 1 amide bonds. The molecule has 0 radical (unpaired) electrons. The molecule has 0 bridgehead atoms. The zero-order chi connectivity index (χ0) is 15.3. The van der Waals surface area contributed by atoms with Gasteiger partial charge in [-0.3, -0.25) is 4.79 Å². The lowest BCUT2D eigenvalue weighted by molar-refractivity contribution is -0.125. The summed E-state index contributed by atoms with van der Waals surface area (Å²) in [6, 6.07) is 7.91. The van der Waals surface area contributed by atoms with Gasteiger partial charge in [0, 0.05) is 6.54 Å². The lowest BCUT2D eigenvalue weighted by atomic mass is 10.0. The van der Waals surface area contributed by atoms with Crippen LogP contribution in [0.1, 0.15) is 25.5 Å². The molecule has 0 saturated heterocycles. The van der Waals surface area contributed by atoms with Crippen LogP contribution in [0.3, 0.4) is 0 Å². The van der Waals surface area contributed by atoms with Gasteiger partial charge in [0.15, 0.2) is 0 Å². The van der Waals surface area contributed by atoms with Crippen molar-refractivity contribution in [3.8, 4) is 5.75 Å². The minimum absolute atomic E-state index is 0.0661. The minimum atomic E-state index is -0.870. The maximum absolute atomic E-state index is 11.9. The number of nitrogens with one attached hydrogen (secondary N) is 1. The van der Waals surface area contributed by atoms with E-state index in [4.69, 9.17) is 10.5 Å².